The molecular weight excluding hydrogens is 361 g/mol. The number of phenols is 1. The Kier molecular flexibility index (Phi) is 4.98. The zero-order valence-electron chi connectivity index (χ0n) is 15.9. The second-order valence-electron chi connectivity index (χ2n) is 7.90. The highest BCUT2D eigenvalue weighted by Gasteiger charge is 2.45. The highest BCUT2D eigenvalue weighted by Crippen LogP contribution is 2.42. The molecule has 28 heavy (non-hydrogen) atoms. The van der Waals surface area contributed by atoms with Crippen molar-refractivity contribution in [3.05, 3.63) is 76.8 Å². The molecule has 2 aromatic carbocycles. The largest absolute Gasteiger partial charge is 0.508 e. The Hall–Kier alpha value is -3.15. The Bertz CT molecular complexity index is 957. The minimum absolute atomic E-state index is 0.00483. The minimum atomic E-state index is -0.851. The molecule has 2 aromatic rings. The van der Waals surface area contributed by atoms with Crippen LogP contribution in [0.15, 0.2) is 59.9 Å². The van der Waals surface area contributed by atoms with E-state index >= 15 is 0 Å². The first-order valence-corrected chi connectivity index (χ1v) is 8.92. The van der Waals surface area contributed by atoms with Crippen LogP contribution in [0, 0.1) is 11.2 Å². The highest BCUT2D eigenvalue weighted by atomic mass is 19.1. The Morgan fingerprint density at radius 1 is 1.11 bits per heavy atom. The number of rotatable bonds is 4. The normalized spacial score (nSPS) is 17.4. The van der Waals surface area contributed by atoms with Crippen LogP contribution < -0.4 is 0 Å². The van der Waals surface area contributed by atoms with Gasteiger partial charge < -0.3 is 15.1 Å². The second kappa shape index (κ2) is 7.11. The number of amides is 1. The molecule has 3 rings (SSSR count). The number of nitrogens with zero attached hydrogens (tertiary/aromatic N) is 1. The fraction of sp³-hybridized carbons (Fsp3) is 0.273. The van der Waals surface area contributed by atoms with Gasteiger partial charge in [-0.2, -0.15) is 0 Å². The third-order valence-electron chi connectivity index (χ3n) is 4.68. The van der Waals surface area contributed by atoms with E-state index in [9.17, 15) is 24.2 Å². The molecule has 0 aliphatic carbocycles. The third kappa shape index (κ3) is 3.63. The van der Waals surface area contributed by atoms with E-state index in [0.717, 1.165) is 0 Å². The van der Waals surface area contributed by atoms with Gasteiger partial charge >= 0.3 is 0 Å². The molecule has 1 atom stereocenters. The van der Waals surface area contributed by atoms with E-state index in [1.54, 1.807) is 45.0 Å². The smallest absolute Gasteiger partial charge is 0.290 e. The van der Waals surface area contributed by atoms with Gasteiger partial charge in [0.25, 0.3) is 5.91 Å². The summed E-state index contributed by atoms with van der Waals surface area (Å²) in [6.07, 6.45) is 0. The lowest BCUT2D eigenvalue weighted by atomic mass is 9.82. The van der Waals surface area contributed by atoms with Gasteiger partial charge in [-0.15, -0.1) is 0 Å². The van der Waals surface area contributed by atoms with E-state index in [-0.39, 0.29) is 23.7 Å². The summed E-state index contributed by atoms with van der Waals surface area (Å²) in [4.78, 5) is 27.2. The molecule has 5 nitrogen and oxygen atoms in total. The molecule has 1 heterocycles. The minimum Gasteiger partial charge on any atom is -0.508 e. The number of phenolic OH excluding ortho intramolecular Hbond substituents is 1. The number of aliphatic hydroxyl groups is 1. The SMILES string of the molecule is CC(C)(C)C(=O)C1=C(O)C(=O)N(Cc2ccc(F)cc2)C1c1cccc(O)c1. The van der Waals surface area contributed by atoms with E-state index in [0.29, 0.717) is 11.1 Å². The molecule has 0 bridgehead atoms. The van der Waals surface area contributed by atoms with Crippen molar-refractivity contribution in [1.29, 1.82) is 0 Å². The molecule has 0 aromatic heterocycles. The lowest BCUT2D eigenvalue weighted by Crippen LogP contribution is -2.32. The fourth-order valence-electron chi connectivity index (χ4n) is 3.28. The van der Waals surface area contributed by atoms with Crippen molar-refractivity contribution in [3.63, 3.8) is 0 Å². The van der Waals surface area contributed by atoms with E-state index < -0.39 is 28.9 Å². The molecule has 1 unspecified atom stereocenters. The van der Waals surface area contributed by atoms with Gasteiger partial charge in [0.05, 0.1) is 11.6 Å². The highest BCUT2D eigenvalue weighted by molar-refractivity contribution is 6.10. The predicted octanol–water partition coefficient (Wildman–Crippen LogP) is 4.04. The van der Waals surface area contributed by atoms with E-state index in [4.69, 9.17) is 0 Å². The molecule has 0 saturated heterocycles. The lowest BCUT2D eigenvalue weighted by Gasteiger charge is -2.29. The quantitative estimate of drug-likeness (QED) is 0.835. The van der Waals surface area contributed by atoms with Crippen LogP contribution in [-0.4, -0.2) is 26.8 Å². The van der Waals surface area contributed by atoms with Gasteiger partial charge in [0.15, 0.2) is 11.5 Å². The van der Waals surface area contributed by atoms with Gasteiger partial charge in [0.1, 0.15) is 11.6 Å². The topological polar surface area (TPSA) is 77.8 Å². The molecule has 2 N–H and O–H groups in total. The molecule has 1 amide bonds. The number of Topliss-reactive ketones (excluding diaryl/α,β-unsaturated/α-hetero) is 1. The van der Waals surface area contributed by atoms with Gasteiger partial charge in [-0.3, -0.25) is 9.59 Å². The number of carbonyl (C=O) groups is 2. The number of hydrogen-bond donors (Lipinski definition) is 2. The van der Waals surface area contributed by atoms with Crippen LogP contribution in [0.3, 0.4) is 0 Å². The number of benzene rings is 2. The molecule has 1 aliphatic heterocycles. The standard InChI is InChI=1S/C22H22FNO4/c1-22(2,3)20(27)17-18(14-5-4-6-16(25)11-14)24(21(28)19(17)26)12-13-7-9-15(23)10-8-13/h4-11,18,25-26H,12H2,1-3H3. The number of ketones is 1. The summed E-state index contributed by atoms with van der Waals surface area (Å²) in [5, 5.41) is 20.4. The van der Waals surface area contributed by atoms with E-state index in [1.807, 2.05) is 0 Å². The first-order chi connectivity index (χ1) is 13.1. The summed E-state index contributed by atoms with van der Waals surface area (Å²) in [7, 11) is 0. The van der Waals surface area contributed by atoms with Crippen molar-refractivity contribution in [1.82, 2.24) is 4.90 Å². The van der Waals surface area contributed by atoms with Gasteiger partial charge in [-0.05, 0) is 35.4 Å². The number of carbonyl (C=O) groups excluding carboxylic acids is 2. The van der Waals surface area contributed by atoms with Gasteiger partial charge in [0, 0.05) is 12.0 Å². The van der Waals surface area contributed by atoms with E-state index in [1.165, 1.54) is 29.2 Å². The van der Waals surface area contributed by atoms with Gasteiger partial charge in [-0.1, -0.05) is 45.0 Å². The van der Waals surface area contributed by atoms with Crippen molar-refractivity contribution in [3.8, 4) is 5.75 Å². The number of aliphatic hydroxyl groups excluding tert-OH is 1. The first-order valence-electron chi connectivity index (χ1n) is 8.92. The zero-order chi connectivity index (χ0) is 20.6. The Morgan fingerprint density at radius 2 is 1.75 bits per heavy atom. The zero-order valence-corrected chi connectivity index (χ0v) is 15.9. The van der Waals surface area contributed by atoms with E-state index in [2.05, 4.69) is 0 Å². The fourth-order valence-corrected chi connectivity index (χ4v) is 3.28. The summed E-state index contributed by atoms with van der Waals surface area (Å²) < 4.78 is 13.2. The predicted molar refractivity (Wildman–Crippen MR) is 102 cm³/mol. The maximum Gasteiger partial charge on any atom is 0.290 e. The molecule has 1 aliphatic rings. The molecular formula is C22H22FNO4. The third-order valence-corrected chi connectivity index (χ3v) is 4.68. The average Bonchev–Trinajstić information content (AvgIpc) is 2.87. The van der Waals surface area contributed by atoms with Crippen LogP contribution in [0.25, 0.3) is 0 Å². The van der Waals surface area contributed by atoms with Crippen LogP contribution in [-0.2, 0) is 16.1 Å². The van der Waals surface area contributed by atoms with Crippen LogP contribution in [0.5, 0.6) is 5.75 Å². The molecule has 6 heteroatoms. The lowest BCUT2D eigenvalue weighted by molar-refractivity contribution is -0.130. The maximum absolute atomic E-state index is 13.2. The Balaban J connectivity index is 2.09. The second-order valence-corrected chi connectivity index (χ2v) is 7.90. The monoisotopic (exact) mass is 383 g/mol. The Labute approximate surface area is 162 Å². The number of hydrogen-bond acceptors (Lipinski definition) is 4. The first kappa shape index (κ1) is 19.6. The van der Waals surface area contributed by atoms with Crippen LogP contribution in [0.1, 0.15) is 37.9 Å². The molecule has 0 fully saturated rings. The molecule has 146 valence electrons. The van der Waals surface area contributed by atoms with Gasteiger partial charge in [-0.25, -0.2) is 4.39 Å². The van der Waals surface area contributed by atoms with Gasteiger partial charge in [0.2, 0.25) is 0 Å². The van der Waals surface area contributed by atoms with Crippen molar-refractivity contribution in [2.75, 3.05) is 0 Å². The molecule has 0 spiro atoms. The summed E-state index contributed by atoms with van der Waals surface area (Å²) in [5.41, 5.74) is 0.347. The van der Waals surface area contributed by atoms with Crippen molar-refractivity contribution >= 4 is 11.7 Å². The summed E-state index contributed by atoms with van der Waals surface area (Å²) in [5.74, 6) is -2.03. The summed E-state index contributed by atoms with van der Waals surface area (Å²) in [6, 6.07) is 11.1. The summed E-state index contributed by atoms with van der Waals surface area (Å²) in [6.45, 7) is 5.21. The maximum atomic E-state index is 13.2. The van der Waals surface area contributed by atoms with Crippen molar-refractivity contribution in [2.24, 2.45) is 5.41 Å². The van der Waals surface area contributed by atoms with Crippen LogP contribution >= 0.6 is 0 Å². The Morgan fingerprint density at radius 3 is 2.32 bits per heavy atom. The average molecular weight is 383 g/mol. The van der Waals surface area contributed by atoms with Crippen LogP contribution in [0.2, 0.25) is 0 Å². The van der Waals surface area contributed by atoms with Crippen LogP contribution in [0.4, 0.5) is 4.39 Å². The summed E-state index contributed by atoms with van der Waals surface area (Å²) >= 11 is 0. The van der Waals surface area contributed by atoms with Crippen molar-refractivity contribution in [2.45, 2.75) is 33.4 Å². The number of aromatic hydroxyl groups is 1. The molecule has 0 radical (unpaired) electrons. The number of halogens is 1. The van der Waals surface area contributed by atoms with Crippen molar-refractivity contribution < 1.29 is 24.2 Å². The molecule has 0 saturated carbocycles.